The second-order valence-corrected chi connectivity index (χ2v) is 5.67. The van der Waals surface area contributed by atoms with Gasteiger partial charge >= 0.3 is 0 Å². The number of amides is 1. The number of hydrogen-bond donors (Lipinski definition) is 1. The number of para-hydroxylation sites is 1. The van der Waals surface area contributed by atoms with Crippen molar-refractivity contribution in [2.45, 2.75) is 18.1 Å². The molecule has 1 saturated heterocycles. The Kier molecular flexibility index (Phi) is 3.42. The highest BCUT2D eigenvalue weighted by molar-refractivity contribution is 7.81. The molecule has 1 aromatic heterocycles. The summed E-state index contributed by atoms with van der Waals surface area (Å²) in [5.41, 5.74) is 2.05. The van der Waals surface area contributed by atoms with Crippen molar-refractivity contribution >= 4 is 29.4 Å². The Morgan fingerprint density at radius 3 is 2.89 bits per heavy atom. The molecule has 2 aromatic rings. The Labute approximate surface area is 118 Å². The molecule has 1 amide bonds. The molecule has 0 spiro atoms. The van der Waals surface area contributed by atoms with Crippen LogP contribution in [0.2, 0.25) is 0 Å². The first-order chi connectivity index (χ1) is 9.22. The standard InChI is InChI=1S/C15H16N2OS/c18-15-9-13(19)10-17(15)8-7-12-6-5-11-3-1-2-4-14(11)16-12/h1-6,13,19H,7-10H2. The normalized spacial score (nSPS) is 19.3. The number of rotatable bonds is 3. The van der Waals surface area contributed by atoms with Crippen LogP contribution in [0, 0.1) is 0 Å². The van der Waals surface area contributed by atoms with Crippen molar-refractivity contribution in [3.05, 3.63) is 42.1 Å². The second-order valence-electron chi connectivity index (χ2n) is 4.94. The fourth-order valence-electron chi connectivity index (χ4n) is 2.46. The summed E-state index contributed by atoms with van der Waals surface area (Å²) in [6.07, 6.45) is 1.37. The Bertz CT molecular complexity index is 614. The van der Waals surface area contributed by atoms with Gasteiger partial charge in [0, 0.05) is 42.3 Å². The molecule has 1 fully saturated rings. The summed E-state index contributed by atoms with van der Waals surface area (Å²) in [6, 6.07) is 12.2. The van der Waals surface area contributed by atoms with Gasteiger partial charge < -0.3 is 4.90 Å². The molecule has 0 radical (unpaired) electrons. The summed E-state index contributed by atoms with van der Waals surface area (Å²) < 4.78 is 0. The number of carbonyl (C=O) groups excluding carboxylic acids is 1. The SMILES string of the molecule is O=C1CC(S)CN1CCc1ccc2ccccc2n1. The predicted molar refractivity (Wildman–Crippen MR) is 79.4 cm³/mol. The van der Waals surface area contributed by atoms with Crippen molar-refractivity contribution in [2.75, 3.05) is 13.1 Å². The molecule has 1 atom stereocenters. The third-order valence-corrected chi connectivity index (χ3v) is 3.83. The minimum absolute atomic E-state index is 0.192. The molecule has 98 valence electrons. The highest BCUT2D eigenvalue weighted by Crippen LogP contribution is 2.17. The van der Waals surface area contributed by atoms with Gasteiger partial charge in [0.15, 0.2) is 0 Å². The summed E-state index contributed by atoms with van der Waals surface area (Å²) in [7, 11) is 0. The maximum Gasteiger partial charge on any atom is 0.223 e. The number of aromatic nitrogens is 1. The summed E-state index contributed by atoms with van der Waals surface area (Å²) in [4.78, 5) is 18.2. The Morgan fingerprint density at radius 1 is 1.26 bits per heavy atom. The van der Waals surface area contributed by atoms with Gasteiger partial charge in [0.25, 0.3) is 0 Å². The van der Waals surface area contributed by atoms with E-state index in [1.807, 2.05) is 29.2 Å². The van der Waals surface area contributed by atoms with Gasteiger partial charge in [0.2, 0.25) is 5.91 Å². The van der Waals surface area contributed by atoms with E-state index < -0.39 is 0 Å². The number of pyridine rings is 1. The third-order valence-electron chi connectivity index (χ3n) is 3.49. The van der Waals surface area contributed by atoms with Crippen LogP contribution in [0.5, 0.6) is 0 Å². The van der Waals surface area contributed by atoms with Crippen LogP contribution < -0.4 is 0 Å². The van der Waals surface area contributed by atoms with Gasteiger partial charge in [0.05, 0.1) is 5.52 Å². The van der Waals surface area contributed by atoms with Crippen molar-refractivity contribution in [2.24, 2.45) is 0 Å². The van der Waals surface area contributed by atoms with E-state index in [4.69, 9.17) is 0 Å². The maximum atomic E-state index is 11.7. The molecule has 2 heterocycles. The van der Waals surface area contributed by atoms with E-state index >= 15 is 0 Å². The van der Waals surface area contributed by atoms with Gasteiger partial charge in [-0.2, -0.15) is 12.6 Å². The quantitative estimate of drug-likeness (QED) is 0.870. The molecule has 0 bridgehead atoms. The second kappa shape index (κ2) is 5.21. The van der Waals surface area contributed by atoms with E-state index in [0.717, 1.165) is 36.1 Å². The molecule has 0 aliphatic carbocycles. The number of carbonyl (C=O) groups is 1. The molecule has 1 unspecified atom stereocenters. The van der Waals surface area contributed by atoms with Crippen molar-refractivity contribution in [1.82, 2.24) is 9.88 Å². The first-order valence-electron chi connectivity index (χ1n) is 6.53. The largest absolute Gasteiger partial charge is 0.341 e. The van der Waals surface area contributed by atoms with Gasteiger partial charge in [-0.15, -0.1) is 0 Å². The average molecular weight is 272 g/mol. The Morgan fingerprint density at radius 2 is 2.11 bits per heavy atom. The number of hydrogen-bond acceptors (Lipinski definition) is 3. The van der Waals surface area contributed by atoms with E-state index in [0.29, 0.717) is 6.42 Å². The van der Waals surface area contributed by atoms with Gasteiger partial charge in [0.1, 0.15) is 0 Å². The highest BCUT2D eigenvalue weighted by atomic mass is 32.1. The van der Waals surface area contributed by atoms with Crippen molar-refractivity contribution < 1.29 is 4.79 Å². The topological polar surface area (TPSA) is 33.2 Å². The van der Waals surface area contributed by atoms with Gasteiger partial charge in [-0.25, -0.2) is 0 Å². The molecular weight excluding hydrogens is 256 g/mol. The van der Waals surface area contributed by atoms with Crippen molar-refractivity contribution in [3.63, 3.8) is 0 Å². The zero-order chi connectivity index (χ0) is 13.2. The minimum Gasteiger partial charge on any atom is -0.341 e. The van der Waals surface area contributed by atoms with Crippen LogP contribution in [0.4, 0.5) is 0 Å². The fraction of sp³-hybridized carbons (Fsp3) is 0.333. The molecule has 1 aliphatic rings. The first-order valence-corrected chi connectivity index (χ1v) is 7.04. The van der Waals surface area contributed by atoms with E-state index in [9.17, 15) is 4.79 Å². The van der Waals surface area contributed by atoms with Gasteiger partial charge in [-0.1, -0.05) is 24.3 Å². The summed E-state index contributed by atoms with van der Waals surface area (Å²) >= 11 is 4.36. The number of nitrogens with zero attached hydrogens (tertiary/aromatic N) is 2. The van der Waals surface area contributed by atoms with Crippen LogP contribution in [-0.4, -0.2) is 34.1 Å². The smallest absolute Gasteiger partial charge is 0.223 e. The van der Waals surface area contributed by atoms with Gasteiger partial charge in [-0.3, -0.25) is 9.78 Å². The number of fused-ring (bicyclic) bond motifs is 1. The number of likely N-dealkylation sites (tertiary alicyclic amines) is 1. The van der Waals surface area contributed by atoms with Crippen LogP contribution in [0.1, 0.15) is 12.1 Å². The molecule has 4 heteroatoms. The van der Waals surface area contributed by atoms with Crippen molar-refractivity contribution in [3.8, 4) is 0 Å². The molecule has 1 aliphatic heterocycles. The Balaban J connectivity index is 1.70. The molecule has 3 nitrogen and oxygen atoms in total. The minimum atomic E-state index is 0.192. The average Bonchev–Trinajstić information content (AvgIpc) is 2.74. The monoisotopic (exact) mass is 272 g/mol. The molecule has 0 saturated carbocycles. The lowest BCUT2D eigenvalue weighted by Gasteiger charge is -2.15. The fourth-order valence-corrected chi connectivity index (χ4v) is 2.82. The van der Waals surface area contributed by atoms with Crippen LogP contribution in [-0.2, 0) is 11.2 Å². The van der Waals surface area contributed by atoms with E-state index in [1.165, 1.54) is 0 Å². The summed E-state index contributed by atoms with van der Waals surface area (Å²) in [6.45, 7) is 1.50. The predicted octanol–water partition coefficient (Wildman–Crippen LogP) is 2.31. The third kappa shape index (κ3) is 2.73. The van der Waals surface area contributed by atoms with E-state index in [2.05, 4.69) is 29.7 Å². The summed E-state index contributed by atoms with van der Waals surface area (Å²) in [5, 5.41) is 1.34. The lowest BCUT2D eigenvalue weighted by Crippen LogP contribution is -2.27. The lowest BCUT2D eigenvalue weighted by atomic mass is 10.2. The molecular formula is C15H16N2OS. The zero-order valence-electron chi connectivity index (χ0n) is 10.6. The van der Waals surface area contributed by atoms with Crippen LogP contribution in [0.3, 0.4) is 0 Å². The van der Waals surface area contributed by atoms with Gasteiger partial charge in [-0.05, 0) is 12.1 Å². The Hall–Kier alpha value is -1.55. The van der Waals surface area contributed by atoms with Crippen molar-refractivity contribution in [1.29, 1.82) is 0 Å². The van der Waals surface area contributed by atoms with Crippen LogP contribution in [0.25, 0.3) is 10.9 Å². The number of thiol groups is 1. The van der Waals surface area contributed by atoms with E-state index in [-0.39, 0.29) is 11.2 Å². The van der Waals surface area contributed by atoms with Crippen LogP contribution in [0.15, 0.2) is 36.4 Å². The highest BCUT2D eigenvalue weighted by Gasteiger charge is 2.26. The van der Waals surface area contributed by atoms with Crippen LogP contribution >= 0.6 is 12.6 Å². The molecule has 19 heavy (non-hydrogen) atoms. The zero-order valence-corrected chi connectivity index (χ0v) is 11.5. The first kappa shape index (κ1) is 12.5. The summed E-state index contributed by atoms with van der Waals surface area (Å²) in [5.74, 6) is 0.209. The number of benzene rings is 1. The molecule has 0 N–H and O–H groups in total. The molecule has 3 rings (SSSR count). The van der Waals surface area contributed by atoms with E-state index in [1.54, 1.807) is 0 Å². The molecule has 1 aromatic carbocycles. The maximum absolute atomic E-state index is 11.7. The lowest BCUT2D eigenvalue weighted by molar-refractivity contribution is -0.127.